The first-order chi connectivity index (χ1) is 11.3. The molecule has 0 atom stereocenters. The number of hydrogen-bond donors (Lipinski definition) is 1. The van der Waals surface area contributed by atoms with E-state index in [-0.39, 0.29) is 5.97 Å². The highest BCUT2D eigenvalue weighted by atomic mass is 16.5. The van der Waals surface area contributed by atoms with Crippen LogP contribution in [0.2, 0.25) is 0 Å². The molecule has 0 aromatic rings. The summed E-state index contributed by atoms with van der Waals surface area (Å²) >= 11 is 0. The highest BCUT2D eigenvalue weighted by Gasteiger charge is 1.93. The largest absolute Gasteiger partial charge is 0.463 e. The third-order valence-corrected chi connectivity index (χ3v) is 3.80. The zero-order valence-electron chi connectivity index (χ0n) is 15.0. The fraction of sp³-hybridized carbons (Fsp3) is 0.750. The Kier molecular flexibility index (Phi) is 18.1. The highest BCUT2D eigenvalue weighted by Crippen LogP contribution is 2.12. The van der Waals surface area contributed by atoms with Crippen molar-refractivity contribution in [3.63, 3.8) is 0 Å². The van der Waals surface area contributed by atoms with E-state index in [4.69, 9.17) is 9.84 Å². The summed E-state index contributed by atoms with van der Waals surface area (Å²) in [5.41, 5.74) is 0. The van der Waals surface area contributed by atoms with E-state index >= 15 is 0 Å². The molecule has 0 rings (SSSR count). The van der Waals surface area contributed by atoms with Gasteiger partial charge in [0.15, 0.2) is 0 Å². The second kappa shape index (κ2) is 19.0. The predicted octanol–water partition coefficient (Wildman–Crippen LogP) is 5.34. The van der Waals surface area contributed by atoms with Gasteiger partial charge in [-0.05, 0) is 26.2 Å². The molecule has 0 aliphatic carbocycles. The summed E-state index contributed by atoms with van der Waals surface area (Å²) in [6.07, 6.45) is 22.3. The zero-order chi connectivity index (χ0) is 17.0. The molecule has 0 bridgehead atoms. The quantitative estimate of drug-likeness (QED) is 0.180. The standard InChI is InChI=1S/C20H36O3/c1-2-23-20(22)18-16-14-12-10-8-6-4-3-5-7-9-11-13-15-17-19-21/h12,14,16,18,21H,2-11,13,15,17,19H2,1H3. The number of ether oxygens (including phenoxy) is 1. The van der Waals surface area contributed by atoms with Gasteiger partial charge in [0.25, 0.3) is 0 Å². The molecule has 0 heterocycles. The van der Waals surface area contributed by atoms with Gasteiger partial charge in [-0.2, -0.15) is 0 Å². The summed E-state index contributed by atoms with van der Waals surface area (Å²) < 4.78 is 4.80. The lowest BCUT2D eigenvalue weighted by Crippen LogP contribution is -1.98. The molecule has 0 saturated heterocycles. The van der Waals surface area contributed by atoms with Crippen LogP contribution in [0.5, 0.6) is 0 Å². The summed E-state index contributed by atoms with van der Waals surface area (Å²) in [4.78, 5) is 11.0. The molecule has 0 spiro atoms. The maximum atomic E-state index is 11.0. The minimum absolute atomic E-state index is 0.273. The molecule has 134 valence electrons. The Balaban J connectivity index is 3.20. The molecule has 0 fully saturated rings. The molecule has 0 amide bonds. The summed E-state index contributed by atoms with van der Waals surface area (Å²) in [6, 6.07) is 0. The van der Waals surface area contributed by atoms with Crippen molar-refractivity contribution in [2.75, 3.05) is 13.2 Å². The minimum atomic E-state index is -0.273. The number of carbonyl (C=O) groups is 1. The first-order valence-corrected chi connectivity index (χ1v) is 9.42. The van der Waals surface area contributed by atoms with E-state index in [1.54, 1.807) is 13.0 Å². The molecule has 0 aliphatic rings. The van der Waals surface area contributed by atoms with Gasteiger partial charge in [-0.25, -0.2) is 4.79 Å². The average molecular weight is 325 g/mol. The van der Waals surface area contributed by atoms with E-state index in [2.05, 4.69) is 6.08 Å². The van der Waals surface area contributed by atoms with Crippen LogP contribution in [0.1, 0.15) is 84.0 Å². The lowest BCUT2D eigenvalue weighted by Gasteiger charge is -2.02. The Morgan fingerprint density at radius 3 is 1.87 bits per heavy atom. The predicted molar refractivity (Wildman–Crippen MR) is 97.4 cm³/mol. The van der Waals surface area contributed by atoms with E-state index in [0.717, 1.165) is 12.8 Å². The summed E-state index contributed by atoms with van der Waals surface area (Å²) in [5.74, 6) is -0.273. The third kappa shape index (κ3) is 18.9. The zero-order valence-corrected chi connectivity index (χ0v) is 15.0. The normalized spacial score (nSPS) is 11.6. The third-order valence-electron chi connectivity index (χ3n) is 3.80. The summed E-state index contributed by atoms with van der Waals surface area (Å²) in [5, 5.41) is 8.69. The number of unbranched alkanes of at least 4 members (excludes halogenated alkanes) is 11. The second-order valence-electron chi connectivity index (χ2n) is 5.94. The number of aliphatic hydroxyl groups excluding tert-OH is 1. The van der Waals surface area contributed by atoms with Gasteiger partial charge < -0.3 is 9.84 Å². The number of allylic oxidation sites excluding steroid dienone is 3. The Morgan fingerprint density at radius 1 is 0.826 bits per heavy atom. The molecule has 3 nitrogen and oxygen atoms in total. The van der Waals surface area contributed by atoms with Crippen molar-refractivity contribution in [3.8, 4) is 0 Å². The van der Waals surface area contributed by atoms with E-state index < -0.39 is 0 Å². The Labute approximate surface area is 142 Å². The molecular weight excluding hydrogens is 288 g/mol. The maximum absolute atomic E-state index is 11.0. The van der Waals surface area contributed by atoms with Crippen LogP contribution in [0.4, 0.5) is 0 Å². The average Bonchev–Trinajstić information content (AvgIpc) is 2.54. The van der Waals surface area contributed by atoms with Crippen LogP contribution in [-0.4, -0.2) is 24.3 Å². The fourth-order valence-electron chi connectivity index (χ4n) is 2.46. The van der Waals surface area contributed by atoms with E-state index in [9.17, 15) is 4.79 Å². The lowest BCUT2D eigenvalue weighted by atomic mass is 10.1. The van der Waals surface area contributed by atoms with Gasteiger partial charge >= 0.3 is 5.97 Å². The molecule has 0 aromatic heterocycles. The van der Waals surface area contributed by atoms with Gasteiger partial charge in [-0.15, -0.1) is 0 Å². The van der Waals surface area contributed by atoms with Crippen molar-refractivity contribution in [1.82, 2.24) is 0 Å². The number of hydrogen-bond acceptors (Lipinski definition) is 3. The van der Waals surface area contributed by atoms with Crippen molar-refractivity contribution < 1.29 is 14.6 Å². The Hall–Kier alpha value is -1.09. The van der Waals surface area contributed by atoms with Crippen LogP contribution in [0.15, 0.2) is 24.3 Å². The minimum Gasteiger partial charge on any atom is -0.463 e. The van der Waals surface area contributed by atoms with E-state index in [1.165, 1.54) is 70.3 Å². The molecule has 0 aliphatic heterocycles. The van der Waals surface area contributed by atoms with Crippen molar-refractivity contribution in [1.29, 1.82) is 0 Å². The van der Waals surface area contributed by atoms with Crippen LogP contribution < -0.4 is 0 Å². The van der Waals surface area contributed by atoms with Crippen LogP contribution in [0.3, 0.4) is 0 Å². The first-order valence-electron chi connectivity index (χ1n) is 9.42. The number of rotatable bonds is 16. The molecule has 3 heteroatoms. The Bertz CT molecular complexity index is 308. The van der Waals surface area contributed by atoms with Crippen molar-refractivity contribution >= 4 is 5.97 Å². The number of esters is 1. The van der Waals surface area contributed by atoms with Gasteiger partial charge in [0.2, 0.25) is 0 Å². The van der Waals surface area contributed by atoms with Crippen molar-refractivity contribution in [2.24, 2.45) is 0 Å². The number of carbonyl (C=O) groups excluding carboxylic acids is 1. The number of aliphatic hydroxyl groups is 1. The molecule has 0 unspecified atom stereocenters. The molecular formula is C20H36O3. The van der Waals surface area contributed by atoms with Gasteiger partial charge in [-0.1, -0.05) is 76.0 Å². The molecule has 0 saturated carbocycles. The summed E-state index contributed by atoms with van der Waals surface area (Å²) in [6.45, 7) is 2.58. The summed E-state index contributed by atoms with van der Waals surface area (Å²) in [7, 11) is 0. The maximum Gasteiger partial charge on any atom is 0.330 e. The highest BCUT2D eigenvalue weighted by molar-refractivity contribution is 5.82. The van der Waals surface area contributed by atoms with Crippen LogP contribution >= 0.6 is 0 Å². The SMILES string of the molecule is CCOC(=O)C=CC=CCCCCCCCCCCCCCO. The van der Waals surface area contributed by atoms with Crippen molar-refractivity contribution in [3.05, 3.63) is 24.3 Å². The molecule has 23 heavy (non-hydrogen) atoms. The van der Waals surface area contributed by atoms with Crippen LogP contribution in [0.25, 0.3) is 0 Å². The van der Waals surface area contributed by atoms with Crippen LogP contribution in [-0.2, 0) is 9.53 Å². The lowest BCUT2D eigenvalue weighted by molar-refractivity contribution is -0.137. The van der Waals surface area contributed by atoms with Gasteiger partial charge in [-0.3, -0.25) is 0 Å². The van der Waals surface area contributed by atoms with Crippen molar-refractivity contribution in [2.45, 2.75) is 84.0 Å². The van der Waals surface area contributed by atoms with Gasteiger partial charge in [0.1, 0.15) is 0 Å². The second-order valence-corrected chi connectivity index (χ2v) is 5.94. The topological polar surface area (TPSA) is 46.5 Å². The van der Waals surface area contributed by atoms with Gasteiger partial charge in [0.05, 0.1) is 6.61 Å². The molecule has 0 radical (unpaired) electrons. The first kappa shape index (κ1) is 21.9. The Morgan fingerprint density at radius 2 is 1.35 bits per heavy atom. The smallest absolute Gasteiger partial charge is 0.330 e. The monoisotopic (exact) mass is 324 g/mol. The van der Waals surface area contributed by atoms with Gasteiger partial charge in [0, 0.05) is 12.7 Å². The fourth-order valence-corrected chi connectivity index (χ4v) is 2.46. The van der Waals surface area contributed by atoms with E-state index in [1.807, 2.05) is 6.08 Å². The van der Waals surface area contributed by atoms with Crippen LogP contribution in [0, 0.1) is 0 Å². The molecule has 0 aromatic carbocycles. The molecule has 1 N–H and O–H groups in total. The van der Waals surface area contributed by atoms with E-state index in [0.29, 0.717) is 13.2 Å².